The molecule has 0 radical (unpaired) electrons. The van der Waals surface area contributed by atoms with Crippen molar-refractivity contribution in [3.05, 3.63) is 94.3 Å². The number of benzene rings is 2. The second kappa shape index (κ2) is 7.64. The minimum absolute atomic E-state index is 0.0331. The number of aliphatic hydroxyl groups is 1. The van der Waals surface area contributed by atoms with Crippen molar-refractivity contribution in [1.82, 2.24) is 4.98 Å². The Kier molecular flexibility index (Phi) is 4.78. The van der Waals surface area contributed by atoms with Crippen LogP contribution in [-0.4, -0.2) is 28.4 Å². The van der Waals surface area contributed by atoms with Gasteiger partial charge in [-0.3, -0.25) is 19.5 Å². The number of anilines is 1. The Bertz CT molecular complexity index is 1280. The first kappa shape index (κ1) is 20.0. The third kappa shape index (κ3) is 3.15. The molecule has 3 aromatic rings. The van der Waals surface area contributed by atoms with Crippen molar-refractivity contribution >= 4 is 23.1 Å². The predicted molar refractivity (Wildman–Crippen MR) is 121 cm³/mol. The van der Waals surface area contributed by atoms with Crippen LogP contribution >= 0.6 is 0 Å². The third-order valence-corrected chi connectivity index (χ3v) is 6.14. The van der Waals surface area contributed by atoms with Crippen LogP contribution in [0.25, 0.3) is 5.76 Å². The van der Waals surface area contributed by atoms with Crippen molar-refractivity contribution in [3.63, 3.8) is 0 Å². The number of Topliss-reactive ketones (excluding diaryl/α,β-unsaturated/α-hetero) is 1. The highest BCUT2D eigenvalue weighted by Crippen LogP contribution is 2.42. The van der Waals surface area contributed by atoms with Gasteiger partial charge in [0.15, 0.2) is 0 Å². The number of aromatic nitrogens is 1. The van der Waals surface area contributed by atoms with E-state index < -0.39 is 17.7 Å². The van der Waals surface area contributed by atoms with E-state index in [9.17, 15) is 14.7 Å². The highest BCUT2D eigenvalue weighted by molar-refractivity contribution is 6.51. The van der Waals surface area contributed by atoms with Crippen LogP contribution < -0.4 is 9.64 Å². The predicted octanol–water partition coefficient (Wildman–Crippen LogP) is 4.26. The van der Waals surface area contributed by atoms with Crippen LogP contribution in [0.1, 0.15) is 34.0 Å². The monoisotopic (exact) mass is 426 g/mol. The fourth-order valence-electron chi connectivity index (χ4n) is 4.28. The molecular weight excluding hydrogens is 404 g/mol. The van der Waals surface area contributed by atoms with Crippen LogP contribution in [-0.2, 0) is 16.0 Å². The van der Waals surface area contributed by atoms with E-state index in [1.165, 1.54) is 4.90 Å². The number of aryl methyl sites for hydroxylation is 2. The van der Waals surface area contributed by atoms with Crippen molar-refractivity contribution < 1.29 is 19.4 Å². The molecule has 0 aliphatic carbocycles. The largest absolute Gasteiger partial charge is 0.507 e. The first-order valence-corrected chi connectivity index (χ1v) is 10.5. The van der Waals surface area contributed by atoms with Crippen molar-refractivity contribution in [1.29, 1.82) is 0 Å². The number of aliphatic hydroxyl groups excluding tert-OH is 1. The maximum absolute atomic E-state index is 13.2. The molecule has 0 saturated carbocycles. The van der Waals surface area contributed by atoms with Gasteiger partial charge < -0.3 is 9.84 Å². The molecule has 1 fully saturated rings. The molecular formula is C26H22N2O4. The molecule has 1 saturated heterocycles. The quantitative estimate of drug-likeness (QED) is 0.385. The van der Waals surface area contributed by atoms with E-state index in [0.717, 1.165) is 28.9 Å². The minimum atomic E-state index is -0.831. The van der Waals surface area contributed by atoms with Crippen LogP contribution in [0.5, 0.6) is 5.75 Å². The summed E-state index contributed by atoms with van der Waals surface area (Å²) in [6, 6.07) is 15.4. The SMILES string of the molecule is Cc1ccc(N2C(=O)C(=O)/C(=C(\O)c3ccc4c(c3)CCO4)C2c2ccccn2)cc1C. The summed E-state index contributed by atoms with van der Waals surface area (Å²) in [5.74, 6) is -0.846. The van der Waals surface area contributed by atoms with Gasteiger partial charge >= 0.3 is 0 Å². The van der Waals surface area contributed by atoms with Crippen molar-refractivity contribution in [2.45, 2.75) is 26.3 Å². The van der Waals surface area contributed by atoms with Gasteiger partial charge in [-0.2, -0.15) is 0 Å². The number of hydrogen-bond donors (Lipinski definition) is 1. The van der Waals surface area contributed by atoms with Crippen LogP contribution in [0.3, 0.4) is 0 Å². The van der Waals surface area contributed by atoms with Crippen LogP contribution in [0.2, 0.25) is 0 Å². The van der Waals surface area contributed by atoms with Gasteiger partial charge in [-0.1, -0.05) is 12.1 Å². The van der Waals surface area contributed by atoms with Gasteiger partial charge in [0.25, 0.3) is 11.7 Å². The molecule has 0 spiro atoms. The molecule has 1 amide bonds. The number of carbonyl (C=O) groups excluding carboxylic acids is 2. The number of fused-ring (bicyclic) bond motifs is 1. The van der Waals surface area contributed by atoms with E-state index in [-0.39, 0.29) is 11.3 Å². The first-order chi connectivity index (χ1) is 15.5. The lowest BCUT2D eigenvalue weighted by Gasteiger charge is -2.25. The molecule has 2 aliphatic heterocycles. The molecule has 3 heterocycles. The Morgan fingerprint density at radius 2 is 1.91 bits per heavy atom. The summed E-state index contributed by atoms with van der Waals surface area (Å²) in [6.07, 6.45) is 2.35. The Balaban J connectivity index is 1.70. The lowest BCUT2D eigenvalue weighted by Crippen LogP contribution is -2.29. The van der Waals surface area contributed by atoms with E-state index in [4.69, 9.17) is 4.74 Å². The molecule has 6 nitrogen and oxygen atoms in total. The highest BCUT2D eigenvalue weighted by atomic mass is 16.5. The van der Waals surface area contributed by atoms with Gasteiger partial charge in [0, 0.05) is 23.9 Å². The lowest BCUT2D eigenvalue weighted by molar-refractivity contribution is -0.132. The molecule has 2 aliphatic rings. The number of rotatable bonds is 3. The molecule has 1 aromatic heterocycles. The number of amides is 1. The normalized spacial score (nSPS) is 19.2. The molecule has 1 unspecified atom stereocenters. The number of ketones is 1. The summed E-state index contributed by atoms with van der Waals surface area (Å²) in [5, 5.41) is 11.2. The molecule has 1 atom stereocenters. The Morgan fingerprint density at radius 3 is 2.66 bits per heavy atom. The van der Waals surface area contributed by atoms with E-state index in [1.807, 2.05) is 38.1 Å². The lowest BCUT2D eigenvalue weighted by atomic mass is 9.97. The molecule has 6 heteroatoms. The summed E-state index contributed by atoms with van der Waals surface area (Å²) in [7, 11) is 0. The zero-order chi connectivity index (χ0) is 22.4. The highest BCUT2D eigenvalue weighted by Gasteiger charge is 2.47. The van der Waals surface area contributed by atoms with Gasteiger partial charge in [0.1, 0.15) is 17.6 Å². The fraction of sp³-hybridized carbons (Fsp3) is 0.192. The summed E-state index contributed by atoms with van der Waals surface area (Å²) in [4.78, 5) is 32.3. The van der Waals surface area contributed by atoms with E-state index in [1.54, 1.807) is 36.5 Å². The Morgan fingerprint density at radius 1 is 1.06 bits per heavy atom. The van der Waals surface area contributed by atoms with Gasteiger partial charge in [-0.25, -0.2) is 0 Å². The third-order valence-electron chi connectivity index (χ3n) is 6.14. The molecule has 1 N–H and O–H groups in total. The second-order valence-electron chi connectivity index (χ2n) is 8.11. The topological polar surface area (TPSA) is 79.7 Å². The molecule has 5 rings (SSSR count). The standard InChI is InChI=1S/C26H22N2O4/c1-15-6-8-19(13-16(15)2)28-23(20-5-3-4-11-27-20)22(25(30)26(28)31)24(29)18-7-9-21-17(14-18)10-12-32-21/h3-9,11,13-14,23,29H,10,12H2,1-2H3/b24-22-. The van der Waals surface area contributed by atoms with Gasteiger partial charge in [-0.15, -0.1) is 0 Å². The molecule has 32 heavy (non-hydrogen) atoms. The van der Waals surface area contributed by atoms with Gasteiger partial charge in [0.2, 0.25) is 0 Å². The second-order valence-corrected chi connectivity index (χ2v) is 8.11. The number of nitrogens with zero attached hydrogens (tertiary/aromatic N) is 2. The van der Waals surface area contributed by atoms with Crippen molar-refractivity contribution in [2.75, 3.05) is 11.5 Å². The summed E-state index contributed by atoms with van der Waals surface area (Å²) < 4.78 is 5.55. The number of ether oxygens (including phenoxy) is 1. The fourth-order valence-corrected chi connectivity index (χ4v) is 4.28. The Hall–Kier alpha value is -3.93. The Labute approximate surface area is 185 Å². The van der Waals surface area contributed by atoms with E-state index >= 15 is 0 Å². The zero-order valence-corrected chi connectivity index (χ0v) is 17.8. The summed E-state index contributed by atoms with van der Waals surface area (Å²) in [6.45, 7) is 4.53. The summed E-state index contributed by atoms with van der Waals surface area (Å²) in [5.41, 5.74) is 4.66. The average Bonchev–Trinajstić information content (AvgIpc) is 3.38. The average molecular weight is 426 g/mol. The first-order valence-electron chi connectivity index (χ1n) is 10.5. The van der Waals surface area contributed by atoms with Gasteiger partial charge in [-0.05, 0) is 73.0 Å². The number of carbonyl (C=O) groups is 2. The maximum atomic E-state index is 13.2. The van der Waals surface area contributed by atoms with Gasteiger partial charge in [0.05, 0.1) is 17.9 Å². The molecule has 2 aromatic carbocycles. The van der Waals surface area contributed by atoms with Crippen LogP contribution in [0.15, 0.2) is 66.4 Å². The van der Waals surface area contributed by atoms with E-state index in [0.29, 0.717) is 23.6 Å². The number of hydrogen-bond acceptors (Lipinski definition) is 5. The molecule has 0 bridgehead atoms. The zero-order valence-electron chi connectivity index (χ0n) is 17.8. The molecule has 160 valence electrons. The number of pyridine rings is 1. The minimum Gasteiger partial charge on any atom is -0.507 e. The van der Waals surface area contributed by atoms with Crippen molar-refractivity contribution in [3.8, 4) is 5.75 Å². The maximum Gasteiger partial charge on any atom is 0.300 e. The van der Waals surface area contributed by atoms with E-state index in [2.05, 4.69) is 4.98 Å². The van der Waals surface area contributed by atoms with Crippen LogP contribution in [0.4, 0.5) is 5.69 Å². The summed E-state index contributed by atoms with van der Waals surface area (Å²) >= 11 is 0. The van der Waals surface area contributed by atoms with Crippen molar-refractivity contribution in [2.24, 2.45) is 0 Å². The van der Waals surface area contributed by atoms with Crippen LogP contribution in [0, 0.1) is 13.8 Å². The smallest absolute Gasteiger partial charge is 0.300 e.